The SMILES string of the molecule is Cc1ccccc1NC(=O)c1ccc(Sc2ccc(Cl)cc2)c([N+](=O)[O-])c1. The Balaban J connectivity index is 1.86. The Hall–Kier alpha value is -2.83. The Morgan fingerprint density at radius 1 is 1.07 bits per heavy atom. The second-order valence-corrected chi connectivity index (χ2v) is 7.32. The molecular formula is C20H15ClN2O3S. The van der Waals surface area contributed by atoms with Crippen LogP contribution in [0.15, 0.2) is 76.5 Å². The van der Waals surface area contributed by atoms with Crippen LogP contribution < -0.4 is 5.32 Å². The predicted octanol–water partition coefficient (Wildman–Crippen LogP) is 5.96. The molecule has 0 heterocycles. The van der Waals surface area contributed by atoms with Gasteiger partial charge in [0, 0.05) is 27.2 Å². The first-order valence-corrected chi connectivity index (χ1v) is 9.22. The molecule has 3 aromatic carbocycles. The van der Waals surface area contributed by atoms with Crippen LogP contribution in [0.4, 0.5) is 11.4 Å². The van der Waals surface area contributed by atoms with Gasteiger partial charge < -0.3 is 5.32 Å². The number of aryl methyl sites for hydroxylation is 1. The number of nitrogens with one attached hydrogen (secondary N) is 1. The molecule has 3 rings (SSSR count). The number of rotatable bonds is 5. The smallest absolute Gasteiger partial charge is 0.284 e. The molecule has 0 bridgehead atoms. The van der Waals surface area contributed by atoms with Crippen molar-refractivity contribution in [1.82, 2.24) is 0 Å². The van der Waals surface area contributed by atoms with Crippen molar-refractivity contribution >= 4 is 40.6 Å². The van der Waals surface area contributed by atoms with Gasteiger partial charge in [-0.25, -0.2) is 0 Å². The van der Waals surface area contributed by atoms with E-state index in [2.05, 4.69) is 5.32 Å². The molecule has 5 nitrogen and oxygen atoms in total. The van der Waals surface area contributed by atoms with Crippen molar-refractivity contribution in [3.05, 3.63) is 93.0 Å². The summed E-state index contributed by atoms with van der Waals surface area (Å²) < 4.78 is 0. The number of nitro groups is 1. The molecule has 7 heteroatoms. The Morgan fingerprint density at radius 2 is 1.78 bits per heavy atom. The van der Waals surface area contributed by atoms with Gasteiger partial charge in [-0.2, -0.15) is 0 Å². The van der Waals surface area contributed by atoms with Gasteiger partial charge in [0.05, 0.1) is 9.82 Å². The largest absolute Gasteiger partial charge is 0.322 e. The summed E-state index contributed by atoms with van der Waals surface area (Å²) in [5, 5.41) is 14.9. The maximum Gasteiger partial charge on any atom is 0.284 e. The highest BCUT2D eigenvalue weighted by atomic mass is 35.5. The summed E-state index contributed by atoms with van der Waals surface area (Å²) in [6.07, 6.45) is 0. The maximum atomic E-state index is 12.5. The minimum atomic E-state index is -0.483. The molecule has 3 aromatic rings. The molecule has 0 aliphatic rings. The fraction of sp³-hybridized carbons (Fsp3) is 0.0500. The minimum absolute atomic E-state index is 0.118. The average molecular weight is 399 g/mol. The Kier molecular flexibility index (Phi) is 5.78. The molecule has 0 spiro atoms. The highest BCUT2D eigenvalue weighted by molar-refractivity contribution is 7.99. The fourth-order valence-electron chi connectivity index (χ4n) is 2.42. The predicted molar refractivity (Wildman–Crippen MR) is 108 cm³/mol. The first-order valence-electron chi connectivity index (χ1n) is 8.03. The third-order valence-corrected chi connectivity index (χ3v) is 5.18. The molecule has 0 fully saturated rings. The van der Waals surface area contributed by atoms with E-state index in [0.29, 0.717) is 15.6 Å². The normalized spacial score (nSPS) is 10.4. The fourth-order valence-corrected chi connectivity index (χ4v) is 3.45. The molecule has 27 heavy (non-hydrogen) atoms. The van der Waals surface area contributed by atoms with Gasteiger partial charge in [0.1, 0.15) is 0 Å². The highest BCUT2D eigenvalue weighted by Gasteiger charge is 2.19. The number of carbonyl (C=O) groups excluding carboxylic acids is 1. The van der Waals surface area contributed by atoms with E-state index in [9.17, 15) is 14.9 Å². The van der Waals surface area contributed by atoms with Crippen LogP contribution in [0.3, 0.4) is 0 Å². The van der Waals surface area contributed by atoms with Crippen molar-refractivity contribution in [3.63, 3.8) is 0 Å². The van der Waals surface area contributed by atoms with Crippen LogP contribution in [0.2, 0.25) is 5.02 Å². The van der Waals surface area contributed by atoms with Crippen LogP contribution in [0.5, 0.6) is 0 Å². The molecule has 1 amide bonds. The number of carbonyl (C=O) groups is 1. The van der Waals surface area contributed by atoms with Crippen molar-refractivity contribution < 1.29 is 9.72 Å². The van der Waals surface area contributed by atoms with Gasteiger partial charge in [0.15, 0.2) is 0 Å². The Bertz CT molecular complexity index is 1010. The molecule has 0 atom stereocenters. The first-order chi connectivity index (χ1) is 12.9. The van der Waals surface area contributed by atoms with Gasteiger partial charge in [0.2, 0.25) is 0 Å². The van der Waals surface area contributed by atoms with E-state index in [1.807, 2.05) is 25.1 Å². The van der Waals surface area contributed by atoms with Gasteiger partial charge in [-0.15, -0.1) is 0 Å². The van der Waals surface area contributed by atoms with Crippen molar-refractivity contribution in [3.8, 4) is 0 Å². The van der Waals surface area contributed by atoms with Crippen LogP contribution in [-0.2, 0) is 0 Å². The average Bonchev–Trinajstić information content (AvgIpc) is 2.65. The van der Waals surface area contributed by atoms with E-state index in [1.165, 1.54) is 17.8 Å². The van der Waals surface area contributed by atoms with Gasteiger partial charge in [-0.05, 0) is 55.0 Å². The van der Waals surface area contributed by atoms with Crippen LogP contribution in [-0.4, -0.2) is 10.8 Å². The summed E-state index contributed by atoms with van der Waals surface area (Å²) >= 11 is 7.11. The lowest BCUT2D eigenvalue weighted by atomic mass is 10.1. The molecule has 1 N–H and O–H groups in total. The van der Waals surface area contributed by atoms with E-state index >= 15 is 0 Å². The Labute approximate surface area is 165 Å². The molecule has 0 unspecified atom stereocenters. The van der Waals surface area contributed by atoms with Crippen molar-refractivity contribution in [2.24, 2.45) is 0 Å². The number of benzene rings is 3. The maximum absolute atomic E-state index is 12.5. The number of nitro benzene ring substituents is 1. The Morgan fingerprint density at radius 3 is 2.44 bits per heavy atom. The monoisotopic (exact) mass is 398 g/mol. The third-order valence-electron chi connectivity index (χ3n) is 3.85. The lowest BCUT2D eigenvalue weighted by molar-refractivity contribution is -0.387. The number of halogens is 1. The van der Waals surface area contributed by atoms with Crippen molar-refractivity contribution in [2.75, 3.05) is 5.32 Å². The van der Waals surface area contributed by atoms with E-state index in [4.69, 9.17) is 11.6 Å². The van der Waals surface area contributed by atoms with Gasteiger partial charge >= 0.3 is 0 Å². The topological polar surface area (TPSA) is 72.2 Å². The van der Waals surface area contributed by atoms with Crippen LogP contribution in [0.1, 0.15) is 15.9 Å². The third kappa shape index (κ3) is 4.67. The van der Waals surface area contributed by atoms with E-state index in [0.717, 1.165) is 10.5 Å². The van der Waals surface area contributed by atoms with Crippen LogP contribution >= 0.6 is 23.4 Å². The van der Waals surface area contributed by atoms with Crippen molar-refractivity contribution in [2.45, 2.75) is 16.7 Å². The molecule has 0 aromatic heterocycles. The van der Waals surface area contributed by atoms with Gasteiger partial charge in [-0.1, -0.05) is 41.6 Å². The zero-order valence-electron chi connectivity index (χ0n) is 14.3. The molecule has 0 radical (unpaired) electrons. The van der Waals surface area contributed by atoms with E-state index in [-0.39, 0.29) is 11.3 Å². The summed E-state index contributed by atoms with van der Waals surface area (Å²) in [4.78, 5) is 24.8. The second kappa shape index (κ2) is 8.24. The number of anilines is 1. The summed E-state index contributed by atoms with van der Waals surface area (Å²) in [5.74, 6) is -0.393. The standard InChI is InChI=1S/C20H15ClN2O3S/c1-13-4-2-3-5-17(13)22-20(24)14-6-11-19(18(12-14)23(25)26)27-16-9-7-15(21)8-10-16/h2-12H,1H3,(H,22,24). The summed E-state index contributed by atoms with van der Waals surface area (Å²) in [5.41, 5.74) is 1.69. The molecule has 0 aliphatic heterocycles. The zero-order chi connectivity index (χ0) is 19.4. The quantitative estimate of drug-likeness (QED) is 0.425. The minimum Gasteiger partial charge on any atom is -0.322 e. The van der Waals surface area contributed by atoms with Crippen LogP contribution in [0, 0.1) is 17.0 Å². The second-order valence-electron chi connectivity index (χ2n) is 5.76. The number of hydrogen-bond acceptors (Lipinski definition) is 4. The highest BCUT2D eigenvalue weighted by Crippen LogP contribution is 2.36. The first kappa shape index (κ1) is 18.9. The van der Waals surface area contributed by atoms with Gasteiger partial charge in [0.25, 0.3) is 11.6 Å². The zero-order valence-corrected chi connectivity index (χ0v) is 15.9. The summed E-state index contributed by atoms with van der Waals surface area (Å²) in [7, 11) is 0. The van der Waals surface area contributed by atoms with Gasteiger partial charge in [-0.3, -0.25) is 14.9 Å². The number of nitrogens with zero attached hydrogens (tertiary/aromatic N) is 1. The summed E-state index contributed by atoms with van der Waals surface area (Å²) in [6, 6.07) is 18.8. The molecule has 136 valence electrons. The molecule has 0 saturated carbocycles. The summed E-state index contributed by atoms with van der Waals surface area (Å²) in [6.45, 7) is 1.88. The number of hydrogen-bond donors (Lipinski definition) is 1. The number of amides is 1. The van der Waals surface area contributed by atoms with E-state index < -0.39 is 10.8 Å². The lowest BCUT2D eigenvalue weighted by Crippen LogP contribution is -2.13. The van der Waals surface area contributed by atoms with Crippen molar-refractivity contribution in [1.29, 1.82) is 0 Å². The van der Waals surface area contributed by atoms with Crippen LogP contribution in [0.25, 0.3) is 0 Å². The van der Waals surface area contributed by atoms with E-state index in [1.54, 1.807) is 42.5 Å². The molecule has 0 saturated heterocycles. The lowest BCUT2D eigenvalue weighted by Gasteiger charge is -2.09. The molecule has 0 aliphatic carbocycles. The molecular weight excluding hydrogens is 384 g/mol. The number of para-hydroxylation sites is 1.